The van der Waals surface area contributed by atoms with Crippen LogP contribution in [0.15, 0.2) is 33.5 Å². The third-order valence-corrected chi connectivity index (χ3v) is 4.08. The van der Waals surface area contributed by atoms with Gasteiger partial charge in [-0.25, -0.2) is 9.59 Å². The molecule has 1 atom stereocenters. The molecule has 0 spiro atoms. The lowest BCUT2D eigenvalue weighted by atomic mass is 10.1. The Morgan fingerprint density at radius 2 is 1.97 bits per heavy atom. The summed E-state index contributed by atoms with van der Waals surface area (Å²) in [6, 6.07) is 3.57. The fraction of sp³-hybridized carbons (Fsp3) is 0.368. The van der Waals surface area contributed by atoms with E-state index in [1.54, 1.807) is 13.8 Å². The van der Waals surface area contributed by atoms with Crippen LogP contribution in [0.2, 0.25) is 0 Å². The minimum Gasteiger partial charge on any atom is -0.464 e. The molecule has 11 heteroatoms. The van der Waals surface area contributed by atoms with Crippen molar-refractivity contribution in [1.29, 1.82) is 0 Å². The number of benzene rings is 1. The second-order valence-corrected chi connectivity index (χ2v) is 6.20. The molecular weight excluding hydrogens is 398 g/mol. The van der Waals surface area contributed by atoms with E-state index in [2.05, 4.69) is 10.6 Å². The lowest BCUT2D eigenvalue weighted by Gasteiger charge is -2.17. The minimum atomic E-state index is -1.17. The Balaban J connectivity index is 2.28. The van der Waals surface area contributed by atoms with Crippen LogP contribution >= 0.6 is 0 Å². The molecule has 160 valence electrons. The first-order chi connectivity index (χ1) is 14.3. The third-order valence-electron chi connectivity index (χ3n) is 4.08. The molecule has 30 heavy (non-hydrogen) atoms. The summed E-state index contributed by atoms with van der Waals surface area (Å²) in [6.45, 7) is 3.81. The quantitative estimate of drug-likeness (QED) is 0.266. The van der Waals surface area contributed by atoms with Crippen LogP contribution in [0.4, 0.5) is 5.69 Å². The van der Waals surface area contributed by atoms with Crippen LogP contribution in [-0.4, -0.2) is 41.9 Å². The van der Waals surface area contributed by atoms with E-state index in [9.17, 15) is 29.3 Å². The molecule has 0 unspecified atom stereocenters. The number of amides is 2. The van der Waals surface area contributed by atoms with Gasteiger partial charge in [0.05, 0.1) is 11.5 Å². The van der Waals surface area contributed by atoms with Gasteiger partial charge in [0.1, 0.15) is 17.2 Å². The van der Waals surface area contributed by atoms with Gasteiger partial charge < -0.3 is 19.8 Å². The highest BCUT2D eigenvalue weighted by Crippen LogP contribution is 2.20. The summed E-state index contributed by atoms with van der Waals surface area (Å²) in [5.41, 5.74) is -1.58. The molecule has 0 aliphatic heterocycles. The number of ether oxygens (including phenoxy) is 1. The van der Waals surface area contributed by atoms with Crippen LogP contribution in [0, 0.1) is 10.1 Å². The molecule has 1 heterocycles. The molecule has 0 aliphatic rings. The molecule has 2 aromatic rings. The standard InChI is InChI=1S/C19H21N3O8/c1-3-20-16(23)8-6-14(19(26)29-4-2)21-17(24)13-10-11-9-12(22(27)28)5-7-15(11)30-18(13)25/h5,7,9-10,14H,3-4,6,8H2,1-2H3,(H,20,23)(H,21,24)/t14-/m0/s1. The first kappa shape index (κ1) is 22.5. The summed E-state index contributed by atoms with van der Waals surface area (Å²) in [5.74, 6) is -1.99. The van der Waals surface area contributed by atoms with Crippen molar-refractivity contribution < 1.29 is 28.5 Å². The van der Waals surface area contributed by atoms with Crippen LogP contribution < -0.4 is 16.3 Å². The van der Waals surface area contributed by atoms with E-state index in [-0.39, 0.29) is 42.0 Å². The lowest BCUT2D eigenvalue weighted by molar-refractivity contribution is -0.384. The molecule has 0 saturated heterocycles. The zero-order valence-electron chi connectivity index (χ0n) is 16.4. The number of esters is 1. The van der Waals surface area contributed by atoms with Gasteiger partial charge in [-0.2, -0.15) is 0 Å². The SMILES string of the molecule is CCNC(=O)CC[C@H](NC(=O)c1cc2cc([N+](=O)[O-])ccc2oc1=O)C(=O)OCC. The fourth-order valence-corrected chi connectivity index (χ4v) is 2.67. The molecule has 11 nitrogen and oxygen atoms in total. The number of hydrogen-bond donors (Lipinski definition) is 2. The Labute approximate surface area is 170 Å². The minimum absolute atomic E-state index is 0.0409. The van der Waals surface area contributed by atoms with Gasteiger partial charge in [-0.1, -0.05) is 0 Å². The maximum Gasteiger partial charge on any atom is 0.349 e. The van der Waals surface area contributed by atoms with Crippen molar-refractivity contribution in [2.24, 2.45) is 0 Å². The van der Waals surface area contributed by atoms with Gasteiger partial charge in [0, 0.05) is 30.5 Å². The van der Waals surface area contributed by atoms with Crippen LogP contribution in [0.5, 0.6) is 0 Å². The zero-order chi connectivity index (χ0) is 22.3. The molecule has 0 aliphatic carbocycles. The second kappa shape index (κ2) is 10.1. The van der Waals surface area contributed by atoms with E-state index in [0.29, 0.717) is 6.54 Å². The molecular formula is C19H21N3O8. The van der Waals surface area contributed by atoms with E-state index in [1.807, 2.05) is 0 Å². The maximum absolute atomic E-state index is 12.6. The number of rotatable bonds is 9. The van der Waals surface area contributed by atoms with Gasteiger partial charge in [0.15, 0.2) is 0 Å². The maximum atomic E-state index is 12.6. The van der Waals surface area contributed by atoms with Crippen LogP contribution in [-0.2, 0) is 14.3 Å². The van der Waals surface area contributed by atoms with Crippen molar-refractivity contribution >= 4 is 34.4 Å². The second-order valence-electron chi connectivity index (χ2n) is 6.20. The van der Waals surface area contributed by atoms with Gasteiger partial charge in [0.2, 0.25) is 5.91 Å². The fourth-order valence-electron chi connectivity index (χ4n) is 2.67. The van der Waals surface area contributed by atoms with Crippen molar-refractivity contribution in [2.45, 2.75) is 32.7 Å². The molecule has 0 fully saturated rings. The summed E-state index contributed by atoms with van der Waals surface area (Å²) in [6.07, 6.45) is -0.0864. The summed E-state index contributed by atoms with van der Waals surface area (Å²) < 4.78 is 9.96. The van der Waals surface area contributed by atoms with E-state index in [1.165, 1.54) is 12.1 Å². The predicted molar refractivity (Wildman–Crippen MR) is 105 cm³/mol. The highest BCUT2D eigenvalue weighted by molar-refractivity contribution is 5.99. The average molecular weight is 419 g/mol. The Morgan fingerprint density at radius 1 is 1.23 bits per heavy atom. The topological polar surface area (TPSA) is 158 Å². The highest BCUT2D eigenvalue weighted by Gasteiger charge is 2.25. The summed E-state index contributed by atoms with van der Waals surface area (Å²) in [5, 5.41) is 16.1. The van der Waals surface area contributed by atoms with Crippen molar-refractivity contribution in [1.82, 2.24) is 10.6 Å². The molecule has 0 saturated carbocycles. The van der Waals surface area contributed by atoms with Gasteiger partial charge in [-0.15, -0.1) is 0 Å². The number of nitro benzene ring substituents is 1. The predicted octanol–water partition coefficient (Wildman–Crippen LogP) is 1.28. The van der Waals surface area contributed by atoms with Crippen molar-refractivity contribution in [3.8, 4) is 0 Å². The van der Waals surface area contributed by atoms with E-state index >= 15 is 0 Å². The number of carbonyl (C=O) groups is 3. The number of carbonyl (C=O) groups excluding carboxylic acids is 3. The first-order valence-corrected chi connectivity index (χ1v) is 9.23. The van der Waals surface area contributed by atoms with Crippen LogP contribution in [0.1, 0.15) is 37.0 Å². The smallest absolute Gasteiger partial charge is 0.349 e. The lowest BCUT2D eigenvalue weighted by Crippen LogP contribution is -2.43. The third kappa shape index (κ3) is 5.63. The normalized spacial score (nSPS) is 11.5. The van der Waals surface area contributed by atoms with Gasteiger partial charge in [0.25, 0.3) is 11.6 Å². The van der Waals surface area contributed by atoms with E-state index in [0.717, 1.165) is 12.1 Å². The Kier molecular flexibility index (Phi) is 7.62. The van der Waals surface area contributed by atoms with Gasteiger partial charge in [-0.05, 0) is 32.4 Å². The number of nitrogens with zero attached hydrogens (tertiary/aromatic N) is 1. The Hall–Kier alpha value is -3.76. The van der Waals surface area contributed by atoms with Crippen molar-refractivity contribution in [2.75, 3.05) is 13.2 Å². The van der Waals surface area contributed by atoms with E-state index in [4.69, 9.17) is 9.15 Å². The number of fused-ring (bicyclic) bond motifs is 1. The molecule has 0 bridgehead atoms. The summed E-state index contributed by atoms with van der Waals surface area (Å²) in [4.78, 5) is 58.9. The zero-order valence-corrected chi connectivity index (χ0v) is 16.4. The molecule has 2 rings (SSSR count). The monoisotopic (exact) mass is 419 g/mol. The van der Waals surface area contributed by atoms with Crippen molar-refractivity contribution in [3.05, 3.63) is 50.4 Å². The molecule has 1 aromatic carbocycles. The number of nitro groups is 1. The highest BCUT2D eigenvalue weighted by atomic mass is 16.6. The van der Waals surface area contributed by atoms with Gasteiger partial charge >= 0.3 is 11.6 Å². The molecule has 0 radical (unpaired) electrons. The first-order valence-electron chi connectivity index (χ1n) is 9.23. The Morgan fingerprint density at radius 3 is 2.60 bits per heavy atom. The Bertz CT molecular complexity index is 1030. The molecule has 2 amide bonds. The molecule has 2 N–H and O–H groups in total. The number of hydrogen-bond acceptors (Lipinski definition) is 8. The van der Waals surface area contributed by atoms with Gasteiger partial charge in [-0.3, -0.25) is 19.7 Å². The number of non-ortho nitro benzene ring substituents is 1. The van der Waals surface area contributed by atoms with E-state index < -0.39 is 34.0 Å². The molecule has 1 aromatic heterocycles. The van der Waals surface area contributed by atoms with Crippen LogP contribution in [0.25, 0.3) is 11.0 Å². The summed E-state index contributed by atoms with van der Waals surface area (Å²) >= 11 is 0. The van der Waals surface area contributed by atoms with Crippen molar-refractivity contribution in [3.63, 3.8) is 0 Å². The largest absolute Gasteiger partial charge is 0.464 e. The van der Waals surface area contributed by atoms with Crippen LogP contribution in [0.3, 0.4) is 0 Å². The number of nitrogens with one attached hydrogen (secondary N) is 2. The summed E-state index contributed by atoms with van der Waals surface area (Å²) in [7, 11) is 0. The average Bonchev–Trinajstić information content (AvgIpc) is 2.70.